The summed E-state index contributed by atoms with van der Waals surface area (Å²) >= 11 is 0. The van der Waals surface area contributed by atoms with Crippen LogP contribution in [0.4, 0.5) is 0 Å². The van der Waals surface area contributed by atoms with E-state index in [9.17, 15) is 9.90 Å². The van der Waals surface area contributed by atoms with Crippen LogP contribution in [-0.4, -0.2) is 21.1 Å². The summed E-state index contributed by atoms with van der Waals surface area (Å²) in [5, 5.41) is 16.4. The standard InChI is InChI=1S/C21H22N2O2/c1-21(2,3)16-8-4-14(5-9-16)12-20(25)19-13-18(22-23-19)15-6-10-17(24)11-7-15/h4-11,13,24H,12H2,1-3H3,(H,22,23). The molecule has 1 aromatic heterocycles. The molecule has 0 amide bonds. The molecule has 2 aromatic carbocycles. The van der Waals surface area contributed by atoms with Crippen LogP contribution in [0.25, 0.3) is 11.3 Å². The van der Waals surface area contributed by atoms with Gasteiger partial charge in [0.05, 0.1) is 5.69 Å². The minimum atomic E-state index is 0.000960. The molecule has 3 rings (SSSR count). The number of aromatic nitrogens is 2. The maximum absolute atomic E-state index is 12.5. The fourth-order valence-electron chi connectivity index (χ4n) is 2.65. The highest BCUT2D eigenvalue weighted by Crippen LogP contribution is 2.23. The minimum absolute atomic E-state index is 0.000960. The number of aromatic hydroxyl groups is 1. The molecule has 0 aliphatic carbocycles. The van der Waals surface area contributed by atoms with Gasteiger partial charge in [0.2, 0.25) is 0 Å². The zero-order valence-corrected chi connectivity index (χ0v) is 14.7. The molecular weight excluding hydrogens is 312 g/mol. The van der Waals surface area contributed by atoms with Gasteiger partial charge in [0.1, 0.15) is 11.4 Å². The highest BCUT2D eigenvalue weighted by Gasteiger charge is 2.15. The monoisotopic (exact) mass is 334 g/mol. The summed E-state index contributed by atoms with van der Waals surface area (Å²) in [4.78, 5) is 12.5. The van der Waals surface area contributed by atoms with Gasteiger partial charge < -0.3 is 5.11 Å². The molecule has 0 saturated carbocycles. The molecule has 0 saturated heterocycles. The van der Waals surface area contributed by atoms with E-state index < -0.39 is 0 Å². The number of rotatable bonds is 4. The summed E-state index contributed by atoms with van der Waals surface area (Å²) in [5.41, 5.74) is 4.36. The lowest BCUT2D eigenvalue weighted by Gasteiger charge is -2.19. The van der Waals surface area contributed by atoms with Crippen molar-refractivity contribution in [1.82, 2.24) is 10.2 Å². The number of nitrogens with zero attached hydrogens (tertiary/aromatic N) is 1. The lowest BCUT2D eigenvalue weighted by atomic mass is 9.86. The molecule has 0 aliphatic heterocycles. The van der Waals surface area contributed by atoms with Crippen molar-refractivity contribution in [3.05, 3.63) is 71.4 Å². The molecule has 3 aromatic rings. The van der Waals surface area contributed by atoms with Crippen LogP contribution in [0.2, 0.25) is 0 Å². The number of benzene rings is 2. The van der Waals surface area contributed by atoms with Crippen molar-refractivity contribution in [2.45, 2.75) is 32.6 Å². The van der Waals surface area contributed by atoms with E-state index in [-0.39, 0.29) is 16.9 Å². The van der Waals surface area contributed by atoms with E-state index in [2.05, 4.69) is 43.1 Å². The van der Waals surface area contributed by atoms with Crippen LogP contribution in [0, 0.1) is 0 Å². The highest BCUT2D eigenvalue weighted by atomic mass is 16.3. The van der Waals surface area contributed by atoms with E-state index in [1.165, 1.54) is 5.56 Å². The number of Topliss-reactive ketones (excluding diaryl/α,β-unsaturated/α-hetero) is 1. The average Bonchev–Trinajstić information content (AvgIpc) is 3.05. The number of ketones is 1. The molecule has 0 radical (unpaired) electrons. The third kappa shape index (κ3) is 3.97. The Morgan fingerprint density at radius 1 is 1.04 bits per heavy atom. The lowest BCUT2D eigenvalue weighted by molar-refractivity contribution is 0.0988. The molecule has 0 fully saturated rings. The van der Waals surface area contributed by atoms with Crippen LogP contribution >= 0.6 is 0 Å². The summed E-state index contributed by atoms with van der Waals surface area (Å²) in [5.74, 6) is 0.204. The number of hydrogen-bond donors (Lipinski definition) is 2. The molecule has 4 heteroatoms. The van der Waals surface area contributed by atoms with Gasteiger partial charge in [-0.2, -0.15) is 5.10 Å². The average molecular weight is 334 g/mol. The first-order valence-corrected chi connectivity index (χ1v) is 8.30. The minimum Gasteiger partial charge on any atom is -0.508 e. The van der Waals surface area contributed by atoms with Crippen molar-refractivity contribution >= 4 is 5.78 Å². The van der Waals surface area contributed by atoms with Gasteiger partial charge >= 0.3 is 0 Å². The Hall–Kier alpha value is -2.88. The largest absolute Gasteiger partial charge is 0.508 e. The quantitative estimate of drug-likeness (QED) is 0.690. The van der Waals surface area contributed by atoms with Crippen LogP contribution in [0.3, 0.4) is 0 Å². The van der Waals surface area contributed by atoms with Gasteiger partial charge in [-0.05, 0) is 46.9 Å². The van der Waals surface area contributed by atoms with E-state index in [4.69, 9.17) is 0 Å². The summed E-state index contributed by atoms with van der Waals surface area (Å²) < 4.78 is 0. The van der Waals surface area contributed by atoms with Crippen LogP contribution in [0.1, 0.15) is 42.4 Å². The second-order valence-electron chi connectivity index (χ2n) is 7.26. The van der Waals surface area contributed by atoms with Crippen molar-refractivity contribution in [3.63, 3.8) is 0 Å². The Kier molecular flexibility index (Phi) is 4.45. The van der Waals surface area contributed by atoms with Crippen LogP contribution in [-0.2, 0) is 11.8 Å². The van der Waals surface area contributed by atoms with Gasteiger partial charge in [0.25, 0.3) is 0 Å². The van der Waals surface area contributed by atoms with E-state index >= 15 is 0 Å². The molecule has 1 heterocycles. The van der Waals surface area contributed by atoms with Crippen molar-refractivity contribution in [2.75, 3.05) is 0 Å². The van der Waals surface area contributed by atoms with Crippen LogP contribution in [0.15, 0.2) is 54.6 Å². The van der Waals surface area contributed by atoms with Crippen molar-refractivity contribution < 1.29 is 9.90 Å². The first kappa shape index (κ1) is 17.0. The van der Waals surface area contributed by atoms with E-state index in [1.807, 2.05) is 12.1 Å². The first-order chi connectivity index (χ1) is 11.8. The number of hydrogen-bond acceptors (Lipinski definition) is 3. The van der Waals surface area contributed by atoms with Crippen molar-refractivity contribution in [3.8, 4) is 17.0 Å². The Labute approximate surface area is 147 Å². The number of aromatic amines is 1. The Balaban J connectivity index is 1.72. The molecular formula is C21H22N2O2. The normalized spacial score (nSPS) is 11.5. The summed E-state index contributed by atoms with van der Waals surface area (Å²) in [6.07, 6.45) is 0.335. The Morgan fingerprint density at radius 3 is 2.28 bits per heavy atom. The van der Waals surface area contributed by atoms with Crippen LogP contribution in [0.5, 0.6) is 5.75 Å². The molecule has 0 atom stereocenters. The maximum atomic E-state index is 12.5. The van der Waals surface area contributed by atoms with E-state index in [0.717, 1.165) is 11.1 Å². The molecule has 128 valence electrons. The number of nitrogens with one attached hydrogen (secondary N) is 1. The van der Waals surface area contributed by atoms with Gasteiger partial charge in [0, 0.05) is 12.0 Å². The number of carbonyl (C=O) groups is 1. The van der Waals surface area contributed by atoms with Crippen molar-refractivity contribution in [2.24, 2.45) is 0 Å². The third-order valence-corrected chi connectivity index (χ3v) is 4.23. The van der Waals surface area contributed by atoms with E-state index in [0.29, 0.717) is 17.8 Å². The SMILES string of the molecule is CC(C)(C)c1ccc(CC(=O)c2cc(-c3ccc(O)cc3)n[nH]2)cc1. The Bertz CT molecular complexity index is 870. The molecule has 0 aliphatic rings. The Morgan fingerprint density at radius 2 is 1.68 bits per heavy atom. The third-order valence-electron chi connectivity index (χ3n) is 4.23. The van der Waals surface area contributed by atoms with Gasteiger partial charge in [-0.15, -0.1) is 0 Å². The molecule has 0 bridgehead atoms. The predicted molar refractivity (Wildman–Crippen MR) is 98.9 cm³/mol. The zero-order valence-electron chi connectivity index (χ0n) is 14.7. The number of phenols is 1. The number of H-pyrrole nitrogens is 1. The second-order valence-corrected chi connectivity index (χ2v) is 7.26. The maximum Gasteiger partial charge on any atom is 0.184 e. The number of carbonyl (C=O) groups excluding carboxylic acids is 1. The summed E-state index contributed by atoms with van der Waals surface area (Å²) in [6, 6.07) is 16.7. The second kappa shape index (κ2) is 6.55. The lowest BCUT2D eigenvalue weighted by Crippen LogP contribution is -2.11. The molecule has 4 nitrogen and oxygen atoms in total. The molecule has 25 heavy (non-hydrogen) atoms. The van der Waals surface area contributed by atoms with Gasteiger partial charge in [-0.3, -0.25) is 9.89 Å². The number of phenolic OH excluding ortho intramolecular Hbond substituents is 1. The fraction of sp³-hybridized carbons (Fsp3) is 0.238. The van der Waals surface area contributed by atoms with Crippen LogP contribution < -0.4 is 0 Å². The van der Waals surface area contributed by atoms with E-state index in [1.54, 1.807) is 30.3 Å². The topological polar surface area (TPSA) is 66.0 Å². The summed E-state index contributed by atoms with van der Waals surface area (Å²) in [6.45, 7) is 6.51. The van der Waals surface area contributed by atoms with Crippen molar-refractivity contribution in [1.29, 1.82) is 0 Å². The molecule has 0 unspecified atom stereocenters. The fourth-order valence-corrected chi connectivity index (χ4v) is 2.65. The van der Waals surface area contributed by atoms with Gasteiger partial charge in [-0.1, -0.05) is 45.0 Å². The summed E-state index contributed by atoms with van der Waals surface area (Å²) in [7, 11) is 0. The van der Waals surface area contributed by atoms with Gasteiger partial charge in [0.15, 0.2) is 5.78 Å². The zero-order chi connectivity index (χ0) is 18.0. The molecule has 2 N–H and O–H groups in total. The highest BCUT2D eigenvalue weighted by molar-refractivity contribution is 5.96. The first-order valence-electron chi connectivity index (χ1n) is 8.30. The molecule has 0 spiro atoms. The van der Waals surface area contributed by atoms with Gasteiger partial charge in [-0.25, -0.2) is 0 Å². The predicted octanol–water partition coefficient (Wildman–Crippen LogP) is 4.51. The smallest absolute Gasteiger partial charge is 0.184 e.